The Morgan fingerprint density at radius 1 is 1.10 bits per heavy atom. The molecule has 39 heavy (non-hydrogen) atoms. The summed E-state index contributed by atoms with van der Waals surface area (Å²) in [6.07, 6.45) is 6.03. The molecule has 0 spiro atoms. The number of carbonyl (C=O) groups excluding carboxylic acids is 1. The van der Waals surface area contributed by atoms with Crippen LogP contribution in [0.4, 0.5) is 14.7 Å². The minimum absolute atomic E-state index is 0.0496. The molecular weight excluding hydrogens is 536 g/mol. The number of nitrogens with one attached hydrogen (secondary N) is 1. The van der Waals surface area contributed by atoms with Crippen LogP contribution in [0.3, 0.4) is 0 Å². The van der Waals surface area contributed by atoms with Crippen molar-refractivity contribution >= 4 is 40.4 Å². The zero-order valence-corrected chi connectivity index (χ0v) is 25.5. The Morgan fingerprint density at radius 2 is 1.82 bits per heavy atom. The van der Waals surface area contributed by atoms with Gasteiger partial charge in [0.05, 0.1) is 22.4 Å². The molecule has 0 saturated carbocycles. The van der Waals surface area contributed by atoms with Crippen LogP contribution >= 0.6 is 23.1 Å². The Balaban J connectivity index is 1.25. The fourth-order valence-electron chi connectivity index (χ4n) is 5.20. The van der Waals surface area contributed by atoms with Gasteiger partial charge in [0.1, 0.15) is 5.76 Å². The average molecular weight is 579 g/mol. The number of aromatic nitrogens is 2. The lowest BCUT2D eigenvalue weighted by atomic mass is 9.94. The van der Waals surface area contributed by atoms with Crippen molar-refractivity contribution in [1.29, 1.82) is 0 Å². The molecule has 3 amide bonds. The van der Waals surface area contributed by atoms with E-state index in [-0.39, 0.29) is 23.5 Å². The molecule has 2 aromatic rings. The summed E-state index contributed by atoms with van der Waals surface area (Å²) in [6, 6.07) is 0.130. The summed E-state index contributed by atoms with van der Waals surface area (Å²) < 4.78 is 6.98. The molecule has 2 aromatic heterocycles. The first kappa shape index (κ1) is 29.5. The maximum Gasteiger partial charge on any atom is 0.407 e. The van der Waals surface area contributed by atoms with E-state index in [9.17, 15) is 14.7 Å². The smallest absolute Gasteiger partial charge is 0.407 e. The molecule has 0 unspecified atom stereocenters. The van der Waals surface area contributed by atoms with Crippen LogP contribution in [0.15, 0.2) is 21.0 Å². The number of rotatable bonds is 6. The summed E-state index contributed by atoms with van der Waals surface area (Å²) in [6.45, 7) is 14.6. The molecule has 4 heterocycles. The third kappa shape index (κ3) is 7.59. The zero-order chi connectivity index (χ0) is 28.4. The van der Waals surface area contributed by atoms with E-state index < -0.39 is 11.6 Å². The number of thiazole rings is 1. The van der Waals surface area contributed by atoms with Crippen molar-refractivity contribution in [1.82, 2.24) is 24.7 Å². The average Bonchev–Trinajstić information content (AvgIpc) is 3.51. The highest BCUT2D eigenvalue weighted by molar-refractivity contribution is 8.00. The van der Waals surface area contributed by atoms with Crippen LogP contribution in [-0.2, 0) is 11.2 Å². The van der Waals surface area contributed by atoms with Gasteiger partial charge >= 0.3 is 12.1 Å². The maximum atomic E-state index is 13.3. The van der Waals surface area contributed by atoms with Gasteiger partial charge in [-0.1, -0.05) is 32.1 Å². The number of carbonyl (C=O) groups is 2. The highest BCUT2D eigenvalue weighted by atomic mass is 32.2. The molecular formula is C27H42N6O4S2. The van der Waals surface area contributed by atoms with Crippen LogP contribution in [-0.4, -0.2) is 85.7 Å². The molecule has 12 heteroatoms. The molecule has 0 bridgehead atoms. The molecule has 216 valence electrons. The van der Waals surface area contributed by atoms with Gasteiger partial charge in [0.15, 0.2) is 5.13 Å². The van der Waals surface area contributed by atoms with E-state index in [0.29, 0.717) is 44.1 Å². The van der Waals surface area contributed by atoms with Crippen LogP contribution in [0.25, 0.3) is 0 Å². The molecule has 2 aliphatic heterocycles. The summed E-state index contributed by atoms with van der Waals surface area (Å²) in [5.41, 5.74) is -0.523. The van der Waals surface area contributed by atoms with Gasteiger partial charge in [-0.05, 0) is 46.5 Å². The fraction of sp³-hybridized carbons (Fsp3) is 0.704. The maximum absolute atomic E-state index is 13.3. The van der Waals surface area contributed by atoms with E-state index in [1.165, 1.54) is 0 Å². The van der Waals surface area contributed by atoms with Gasteiger partial charge in [0, 0.05) is 49.2 Å². The number of urea groups is 1. The third-order valence-electron chi connectivity index (χ3n) is 7.16. The number of nitrogens with zero attached hydrogens (tertiary/aromatic N) is 5. The topological polar surface area (TPSA) is 115 Å². The van der Waals surface area contributed by atoms with Gasteiger partial charge in [0.2, 0.25) is 5.89 Å². The standard InChI is InChI=1S/C27H42N6O4S2/c1-26(2,3)20-14-28-21(37-20)17-38-22-15-29-23(39-22)30-18-8-7-11-32(16-18)24(34)31-12-9-19(10-13-31)33(25(35)36)27(4,5)6/h14-15,18-19H,7-13,16-17H2,1-6H3,(H,29,30)(H,35,36)/t18-/m1/s1. The van der Waals surface area contributed by atoms with Gasteiger partial charge in [-0.15, -0.1) is 11.8 Å². The molecule has 0 aliphatic carbocycles. The summed E-state index contributed by atoms with van der Waals surface area (Å²) >= 11 is 3.27. The summed E-state index contributed by atoms with van der Waals surface area (Å²) in [7, 11) is 0. The summed E-state index contributed by atoms with van der Waals surface area (Å²) in [4.78, 5) is 39.5. The van der Waals surface area contributed by atoms with Crippen LogP contribution in [0.2, 0.25) is 0 Å². The van der Waals surface area contributed by atoms with Gasteiger partial charge in [0.25, 0.3) is 0 Å². The van der Waals surface area contributed by atoms with Crippen molar-refractivity contribution in [3.63, 3.8) is 0 Å². The number of likely N-dealkylation sites (tertiary alicyclic amines) is 2. The highest BCUT2D eigenvalue weighted by Gasteiger charge is 2.37. The van der Waals surface area contributed by atoms with Gasteiger partial charge in [-0.25, -0.2) is 19.6 Å². The Labute approximate surface area is 239 Å². The first-order valence-corrected chi connectivity index (χ1v) is 15.5. The monoisotopic (exact) mass is 578 g/mol. The summed E-state index contributed by atoms with van der Waals surface area (Å²) in [5.74, 6) is 2.25. The van der Waals surface area contributed by atoms with E-state index in [0.717, 1.165) is 34.5 Å². The van der Waals surface area contributed by atoms with E-state index >= 15 is 0 Å². The molecule has 2 saturated heterocycles. The van der Waals surface area contributed by atoms with E-state index in [1.807, 2.05) is 43.0 Å². The second-order valence-electron chi connectivity index (χ2n) is 12.4. The van der Waals surface area contributed by atoms with Crippen LogP contribution in [0, 0.1) is 0 Å². The predicted molar refractivity (Wildman–Crippen MR) is 155 cm³/mol. The number of oxazole rings is 1. The lowest BCUT2D eigenvalue weighted by molar-refractivity contribution is 0.0436. The SMILES string of the molecule is CC(C)(C)c1cnc(CSc2cnc(N[C@@H]3CCCN(C(=O)N4CCC(N(C(=O)O)C(C)(C)C)CC4)C3)s2)o1. The number of hydrogen-bond donors (Lipinski definition) is 2. The van der Waals surface area contributed by atoms with Crippen LogP contribution in [0.5, 0.6) is 0 Å². The Hall–Kier alpha value is -2.47. The largest absolute Gasteiger partial charge is 0.465 e. The Bertz CT molecular complexity index is 1130. The van der Waals surface area contributed by atoms with Gasteiger partial charge < -0.3 is 29.5 Å². The lowest BCUT2D eigenvalue weighted by Crippen LogP contribution is -2.57. The van der Waals surface area contributed by atoms with Crippen molar-refractivity contribution in [2.45, 2.75) is 100 Å². The molecule has 0 radical (unpaired) electrons. The minimum Gasteiger partial charge on any atom is -0.465 e. The molecule has 1 atom stereocenters. The van der Waals surface area contributed by atoms with Crippen molar-refractivity contribution in [2.24, 2.45) is 0 Å². The van der Waals surface area contributed by atoms with E-state index in [4.69, 9.17) is 4.42 Å². The number of carboxylic acid groups (broad SMARTS) is 1. The number of hydrogen-bond acceptors (Lipinski definition) is 8. The predicted octanol–water partition coefficient (Wildman–Crippen LogP) is 5.96. The first-order chi connectivity index (χ1) is 18.3. The number of piperidine rings is 2. The molecule has 0 aromatic carbocycles. The van der Waals surface area contributed by atoms with Crippen molar-refractivity contribution in [2.75, 3.05) is 31.5 Å². The second kappa shape index (κ2) is 12.0. The normalized spacial score (nSPS) is 19.3. The molecule has 10 nitrogen and oxygen atoms in total. The summed E-state index contributed by atoms with van der Waals surface area (Å²) in [5, 5.41) is 14.1. The number of amides is 3. The van der Waals surface area contributed by atoms with Crippen LogP contribution < -0.4 is 5.32 Å². The Morgan fingerprint density at radius 3 is 2.44 bits per heavy atom. The molecule has 2 N–H and O–H groups in total. The Kier molecular flexibility index (Phi) is 9.05. The quantitative estimate of drug-likeness (QED) is 0.404. The van der Waals surface area contributed by atoms with Crippen molar-refractivity contribution < 1.29 is 19.1 Å². The van der Waals surface area contributed by atoms with E-state index in [1.54, 1.807) is 28.0 Å². The first-order valence-electron chi connectivity index (χ1n) is 13.7. The van der Waals surface area contributed by atoms with Crippen LogP contribution in [0.1, 0.15) is 78.9 Å². The molecule has 4 rings (SSSR count). The van der Waals surface area contributed by atoms with Crippen molar-refractivity contribution in [3.05, 3.63) is 24.0 Å². The second-order valence-corrected chi connectivity index (χ2v) is 14.7. The molecule has 2 fully saturated rings. The lowest BCUT2D eigenvalue weighted by Gasteiger charge is -2.44. The highest BCUT2D eigenvalue weighted by Crippen LogP contribution is 2.33. The van der Waals surface area contributed by atoms with E-state index in [2.05, 4.69) is 36.1 Å². The zero-order valence-electron chi connectivity index (χ0n) is 23.9. The molecule has 2 aliphatic rings. The number of thioether (sulfide) groups is 1. The van der Waals surface area contributed by atoms with Gasteiger partial charge in [-0.2, -0.15) is 0 Å². The number of anilines is 1. The minimum atomic E-state index is -0.895. The fourth-order valence-corrected chi connectivity index (χ4v) is 7.00. The third-order valence-corrected chi connectivity index (χ3v) is 9.27. The van der Waals surface area contributed by atoms with Crippen molar-refractivity contribution in [3.8, 4) is 0 Å². The van der Waals surface area contributed by atoms with Gasteiger partial charge in [-0.3, -0.25) is 0 Å².